The third-order valence-corrected chi connectivity index (χ3v) is 3.67. The SMILES string of the molecule is CC(=O)c1cc(C(=O)OCC(=O)Nc2c(C)cccc2[N+](=O)[O-])n(C)c1. The van der Waals surface area contributed by atoms with Gasteiger partial charge in [0.2, 0.25) is 0 Å². The Morgan fingerprint density at radius 1 is 1.31 bits per heavy atom. The highest BCUT2D eigenvalue weighted by Crippen LogP contribution is 2.27. The van der Waals surface area contributed by atoms with Crippen molar-refractivity contribution in [1.29, 1.82) is 0 Å². The van der Waals surface area contributed by atoms with Crippen LogP contribution in [-0.2, 0) is 16.6 Å². The van der Waals surface area contributed by atoms with Crippen LogP contribution in [0.1, 0.15) is 33.3 Å². The lowest BCUT2D eigenvalue weighted by Gasteiger charge is -2.09. The Hall–Kier alpha value is -3.49. The maximum absolute atomic E-state index is 12.1. The number of Topliss-reactive ketones (excluding diaryl/α,β-unsaturated/α-hetero) is 1. The Bertz CT molecular complexity index is 900. The number of aryl methyl sites for hydroxylation is 2. The number of nitro benzene ring substituents is 1. The molecule has 1 amide bonds. The number of ketones is 1. The quantitative estimate of drug-likeness (QED) is 0.365. The number of aromatic nitrogens is 1. The molecule has 9 nitrogen and oxygen atoms in total. The summed E-state index contributed by atoms with van der Waals surface area (Å²) in [5, 5.41) is 13.4. The number of nitrogens with one attached hydrogen (secondary N) is 1. The molecule has 1 heterocycles. The third kappa shape index (κ3) is 4.12. The number of nitro groups is 1. The van der Waals surface area contributed by atoms with Gasteiger partial charge in [0.05, 0.1) is 4.92 Å². The van der Waals surface area contributed by atoms with Crippen molar-refractivity contribution in [3.63, 3.8) is 0 Å². The maximum Gasteiger partial charge on any atom is 0.355 e. The molecular weight excluding hydrogens is 342 g/mol. The van der Waals surface area contributed by atoms with Gasteiger partial charge in [-0.2, -0.15) is 0 Å². The molecule has 1 N–H and O–H groups in total. The maximum atomic E-state index is 12.1. The van der Waals surface area contributed by atoms with Gasteiger partial charge in [-0.05, 0) is 25.5 Å². The summed E-state index contributed by atoms with van der Waals surface area (Å²) in [4.78, 5) is 45.8. The number of esters is 1. The van der Waals surface area contributed by atoms with Crippen LogP contribution in [0.5, 0.6) is 0 Å². The molecular formula is C17H17N3O6. The number of benzene rings is 1. The van der Waals surface area contributed by atoms with Crippen molar-refractivity contribution in [2.24, 2.45) is 7.05 Å². The van der Waals surface area contributed by atoms with Crippen molar-refractivity contribution in [1.82, 2.24) is 4.57 Å². The Balaban J connectivity index is 2.05. The molecule has 1 aromatic heterocycles. The highest BCUT2D eigenvalue weighted by atomic mass is 16.6. The van der Waals surface area contributed by atoms with E-state index in [9.17, 15) is 24.5 Å². The summed E-state index contributed by atoms with van der Waals surface area (Å²) in [5.41, 5.74) is 0.770. The van der Waals surface area contributed by atoms with Gasteiger partial charge in [-0.25, -0.2) is 4.79 Å². The second-order valence-corrected chi connectivity index (χ2v) is 5.63. The molecule has 0 aliphatic heterocycles. The van der Waals surface area contributed by atoms with E-state index < -0.39 is 23.4 Å². The normalized spacial score (nSPS) is 10.3. The standard InChI is InChI=1S/C17H17N3O6/c1-10-5-4-6-13(20(24)25)16(10)18-15(22)9-26-17(23)14-7-12(11(2)21)8-19(14)3/h4-8H,9H2,1-3H3,(H,18,22). The largest absolute Gasteiger partial charge is 0.451 e. The monoisotopic (exact) mass is 359 g/mol. The Kier molecular flexibility index (Phi) is 5.51. The highest BCUT2D eigenvalue weighted by molar-refractivity contribution is 5.99. The summed E-state index contributed by atoms with van der Waals surface area (Å²) < 4.78 is 6.34. The number of ether oxygens (including phenoxy) is 1. The lowest BCUT2D eigenvalue weighted by molar-refractivity contribution is -0.384. The zero-order valence-corrected chi connectivity index (χ0v) is 14.4. The van der Waals surface area contributed by atoms with E-state index in [-0.39, 0.29) is 22.9 Å². The summed E-state index contributed by atoms with van der Waals surface area (Å²) in [6.07, 6.45) is 1.48. The van der Waals surface area contributed by atoms with Crippen LogP contribution in [0.4, 0.5) is 11.4 Å². The minimum absolute atomic E-state index is 0.0521. The predicted molar refractivity (Wildman–Crippen MR) is 92.2 cm³/mol. The van der Waals surface area contributed by atoms with Gasteiger partial charge < -0.3 is 14.6 Å². The summed E-state index contributed by atoms with van der Waals surface area (Å²) in [5.74, 6) is -1.70. The van der Waals surface area contributed by atoms with E-state index in [0.717, 1.165) is 0 Å². The fourth-order valence-electron chi connectivity index (χ4n) is 2.31. The smallest absolute Gasteiger partial charge is 0.355 e. The van der Waals surface area contributed by atoms with E-state index in [1.165, 1.54) is 35.9 Å². The lowest BCUT2D eigenvalue weighted by atomic mass is 10.1. The fraction of sp³-hybridized carbons (Fsp3) is 0.235. The molecule has 136 valence electrons. The first-order valence-corrected chi connectivity index (χ1v) is 7.59. The predicted octanol–water partition coefficient (Wildman–Crippen LogP) is 2.24. The van der Waals surface area contributed by atoms with Crippen LogP contribution in [0.2, 0.25) is 0 Å². The van der Waals surface area contributed by atoms with E-state index in [1.54, 1.807) is 20.0 Å². The number of hydrogen-bond donors (Lipinski definition) is 1. The average Bonchev–Trinajstić information content (AvgIpc) is 2.96. The molecule has 0 saturated heterocycles. The van der Waals surface area contributed by atoms with Gasteiger partial charge in [-0.3, -0.25) is 19.7 Å². The Labute approximate surface area is 148 Å². The number of nitrogens with zero attached hydrogens (tertiary/aromatic N) is 2. The molecule has 0 spiro atoms. The van der Waals surface area contributed by atoms with Crippen molar-refractivity contribution in [3.05, 3.63) is 57.4 Å². The molecule has 0 unspecified atom stereocenters. The Morgan fingerprint density at radius 3 is 2.58 bits per heavy atom. The van der Waals surface area contributed by atoms with Crippen LogP contribution in [0, 0.1) is 17.0 Å². The number of para-hydroxylation sites is 1. The third-order valence-electron chi connectivity index (χ3n) is 3.67. The number of carbonyl (C=O) groups excluding carboxylic acids is 3. The van der Waals surface area contributed by atoms with Crippen molar-refractivity contribution in [3.8, 4) is 0 Å². The van der Waals surface area contributed by atoms with Gasteiger partial charge in [0.15, 0.2) is 12.4 Å². The van der Waals surface area contributed by atoms with Crippen LogP contribution in [0.15, 0.2) is 30.5 Å². The molecule has 26 heavy (non-hydrogen) atoms. The van der Waals surface area contributed by atoms with Crippen LogP contribution in [-0.4, -0.2) is 33.8 Å². The molecule has 1 aromatic carbocycles. The molecule has 0 fully saturated rings. The summed E-state index contributed by atoms with van der Waals surface area (Å²) >= 11 is 0. The molecule has 0 saturated carbocycles. The van der Waals surface area contributed by atoms with Crippen molar-refractivity contribution >= 4 is 29.0 Å². The summed E-state index contributed by atoms with van der Waals surface area (Å²) in [6, 6.07) is 5.75. The minimum Gasteiger partial charge on any atom is -0.451 e. The molecule has 2 rings (SSSR count). The van der Waals surface area contributed by atoms with Crippen LogP contribution in [0.3, 0.4) is 0 Å². The molecule has 0 atom stereocenters. The van der Waals surface area contributed by atoms with E-state index >= 15 is 0 Å². The minimum atomic E-state index is -0.783. The topological polar surface area (TPSA) is 121 Å². The van der Waals surface area contributed by atoms with Crippen molar-refractivity contribution in [2.45, 2.75) is 13.8 Å². The number of rotatable bonds is 6. The molecule has 0 bridgehead atoms. The zero-order chi connectivity index (χ0) is 19.4. The lowest BCUT2D eigenvalue weighted by Crippen LogP contribution is -2.22. The van der Waals surface area contributed by atoms with E-state index in [0.29, 0.717) is 11.1 Å². The van der Waals surface area contributed by atoms with Gasteiger partial charge in [0, 0.05) is 24.9 Å². The molecule has 9 heteroatoms. The second-order valence-electron chi connectivity index (χ2n) is 5.63. The van der Waals surface area contributed by atoms with Crippen molar-refractivity contribution < 1.29 is 24.0 Å². The van der Waals surface area contributed by atoms with Gasteiger partial charge in [0.25, 0.3) is 11.6 Å². The first kappa shape index (κ1) is 18.8. The number of amides is 1. The molecule has 2 aromatic rings. The van der Waals surface area contributed by atoms with Crippen LogP contribution in [0.25, 0.3) is 0 Å². The van der Waals surface area contributed by atoms with Crippen LogP contribution >= 0.6 is 0 Å². The fourth-order valence-corrected chi connectivity index (χ4v) is 2.31. The number of anilines is 1. The Morgan fingerprint density at radius 2 is 2.00 bits per heavy atom. The highest BCUT2D eigenvalue weighted by Gasteiger charge is 2.20. The van der Waals surface area contributed by atoms with Gasteiger partial charge in [-0.15, -0.1) is 0 Å². The molecule has 0 aliphatic rings. The second kappa shape index (κ2) is 7.60. The van der Waals surface area contributed by atoms with E-state index in [2.05, 4.69) is 5.32 Å². The first-order valence-electron chi connectivity index (χ1n) is 7.59. The molecule has 0 aliphatic carbocycles. The first-order chi connectivity index (χ1) is 12.2. The van der Waals surface area contributed by atoms with Crippen LogP contribution < -0.4 is 5.32 Å². The van der Waals surface area contributed by atoms with E-state index in [4.69, 9.17) is 4.74 Å². The number of carbonyl (C=O) groups is 3. The van der Waals surface area contributed by atoms with E-state index in [1.807, 2.05) is 0 Å². The molecule has 0 radical (unpaired) electrons. The van der Waals surface area contributed by atoms with Gasteiger partial charge in [-0.1, -0.05) is 12.1 Å². The van der Waals surface area contributed by atoms with Crippen molar-refractivity contribution in [2.75, 3.05) is 11.9 Å². The summed E-state index contributed by atoms with van der Waals surface area (Å²) in [6.45, 7) is 2.36. The van der Waals surface area contributed by atoms with Gasteiger partial charge >= 0.3 is 5.97 Å². The number of hydrogen-bond acceptors (Lipinski definition) is 6. The average molecular weight is 359 g/mol. The van der Waals surface area contributed by atoms with Gasteiger partial charge in [0.1, 0.15) is 11.4 Å². The summed E-state index contributed by atoms with van der Waals surface area (Å²) in [7, 11) is 1.57. The zero-order valence-electron chi connectivity index (χ0n) is 14.4.